The van der Waals surface area contributed by atoms with Crippen LogP contribution in [0.15, 0.2) is 0 Å². The number of aliphatic hydroxyl groups is 1. The van der Waals surface area contributed by atoms with Gasteiger partial charge in [-0.25, -0.2) is 0 Å². The van der Waals surface area contributed by atoms with Crippen molar-refractivity contribution in [1.82, 2.24) is 0 Å². The van der Waals surface area contributed by atoms with Gasteiger partial charge in [0, 0.05) is 6.61 Å². The van der Waals surface area contributed by atoms with E-state index in [1.54, 1.807) is 0 Å². The molecule has 3 heteroatoms. The van der Waals surface area contributed by atoms with Crippen LogP contribution in [0.25, 0.3) is 0 Å². The minimum absolute atomic E-state index is 0. The van der Waals surface area contributed by atoms with E-state index < -0.39 is 0 Å². The minimum atomic E-state index is 0. The first-order chi connectivity index (χ1) is 1.91. The van der Waals surface area contributed by atoms with Crippen LogP contribution in [0.3, 0.4) is 0 Å². The van der Waals surface area contributed by atoms with E-state index in [9.17, 15) is 0 Å². The summed E-state index contributed by atoms with van der Waals surface area (Å²) in [4.78, 5) is 0. The van der Waals surface area contributed by atoms with Gasteiger partial charge >= 0.3 is 51.4 Å². The Morgan fingerprint density at radius 2 is 1.67 bits per heavy atom. The van der Waals surface area contributed by atoms with Crippen LogP contribution >= 0.6 is 0 Å². The third-order valence-electron chi connectivity index (χ3n) is 0.224. The third kappa shape index (κ3) is 17.7. The SMILES string of the molecule is CCCO.O.[KH]. The molecular formula is C3H11KO2. The Morgan fingerprint density at radius 3 is 1.67 bits per heavy atom. The van der Waals surface area contributed by atoms with E-state index in [-0.39, 0.29) is 56.9 Å². The summed E-state index contributed by atoms with van der Waals surface area (Å²) in [5, 5.41) is 7.88. The van der Waals surface area contributed by atoms with Gasteiger partial charge in [-0.2, -0.15) is 0 Å². The molecule has 0 aliphatic carbocycles. The van der Waals surface area contributed by atoms with Gasteiger partial charge in [-0.1, -0.05) is 6.92 Å². The van der Waals surface area contributed by atoms with E-state index in [1.165, 1.54) is 0 Å². The van der Waals surface area contributed by atoms with Crippen molar-refractivity contribution >= 4 is 51.4 Å². The molecule has 6 heavy (non-hydrogen) atoms. The number of rotatable bonds is 1. The Morgan fingerprint density at radius 1 is 1.50 bits per heavy atom. The average molecular weight is 118 g/mol. The number of hydrogen-bond acceptors (Lipinski definition) is 1. The molecule has 0 heterocycles. The van der Waals surface area contributed by atoms with Crippen LogP contribution in [0.2, 0.25) is 0 Å². The zero-order valence-electron chi connectivity index (χ0n) is 3.36. The average Bonchev–Trinajstić information content (AvgIpc) is 1.37. The summed E-state index contributed by atoms with van der Waals surface area (Å²) in [5.74, 6) is 0. The maximum atomic E-state index is 7.88. The summed E-state index contributed by atoms with van der Waals surface area (Å²) in [5.41, 5.74) is 0. The van der Waals surface area contributed by atoms with Crippen LogP contribution in [-0.2, 0) is 0 Å². The number of aliphatic hydroxyl groups excluding tert-OH is 1. The van der Waals surface area contributed by atoms with E-state index >= 15 is 0 Å². The standard InChI is InChI=1S/C3H8O.K.H2O.H/c1-2-3-4;;;/h4H,2-3H2,1H3;;1H2;. The molecule has 0 spiro atoms. The molecule has 2 nitrogen and oxygen atoms in total. The van der Waals surface area contributed by atoms with E-state index in [2.05, 4.69) is 0 Å². The van der Waals surface area contributed by atoms with Crippen molar-refractivity contribution in [3.63, 3.8) is 0 Å². The fraction of sp³-hybridized carbons (Fsp3) is 1.00. The predicted octanol–water partition coefficient (Wildman–Crippen LogP) is -1.08. The van der Waals surface area contributed by atoms with Crippen LogP contribution < -0.4 is 0 Å². The molecule has 0 amide bonds. The molecular weight excluding hydrogens is 107 g/mol. The molecule has 3 N–H and O–H groups in total. The Kier molecular flexibility index (Phi) is 41.7. The molecule has 0 bridgehead atoms. The van der Waals surface area contributed by atoms with Crippen LogP contribution in [0.1, 0.15) is 13.3 Å². The molecule has 0 aromatic heterocycles. The quantitative estimate of drug-likeness (QED) is 0.437. The van der Waals surface area contributed by atoms with Crippen molar-refractivity contribution in [1.29, 1.82) is 0 Å². The molecule has 0 aliphatic heterocycles. The van der Waals surface area contributed by atoms with Gasteiger partial charge < -0.3 is 10.6 Å². The molecule has 0 saturated heterocycles. The summed E-state index contributed by atoms with van der Waals surface area (Å²) in [6.07, 6.45) is 0.875. The summed E-state index contributed by atoms with van der Waals surface area (Å²) < 4.78 is 0. The van der Waals surface area contributed by atoms with Gasteiger partial charge in [-0.15, -0.1) is 0 Å². The van der Waals surface area contributed by atoms with Crippen LogP contribution in [0, 0.1) is 0 Å². The molecule has 0 aromatic carbocycles. The van der Waals surface area contributed by atoms with Crippen molar-refractivity contribution in [2.75, 3.05) is 6.61 Å². The predicted molar refractivity (Wildman–Crippen MR) is 28.1 cm³/mol. The van der Waals surface area contributed by atoms with E-state index in [0.29, 0.717) is 6.61 Å². The first-order valence-electron chi connectivity index (χ1n) is 1.52. The molecule has 0 aliphatic rings. The Balaban J connectivity index is -0.0000000450. The van der Waals surface area contributed by atoms with Gasteiger partial charge in [-0.3, -0.25) is 0 Å². The molecule has 0 atom stereocenters. The molecule has 0 saturated carbocycles. The van der Waals surface area contributed by atoms with Gasteiger partial charge in [0.05, 0.1) is 0 Å². The van der Waals surface area contributed by atoms with Crippen molar-refractivity contribution in [3.8, 4) is 0 Å². The van der Waals surface area contributed by atoms with Crippen molar-refractivity contribution in [2.24, 2.45) is 0 Å². The summed E-state index contributed by atoms with van der Waals surface area (Å²) >= 11 is 0. The topological polar surface area (TPSA) is 51.7 Å². The Bertz CT molecular complexity index is 10.8. The van der Waals surface area contributed by atoms with Gasteiger partial charge in [0.15, 0.2) is 0 Å². The first-order valence-corrected chi connectivity index (χ1v) is 1.52. The molecule has 0 aromatic rings. The van der Waals surface area contributed by atoms with Gasteiger partial charge in [0.2, 0.25) is 0 Å². The third-order valence-corrected chi connectivity index (χ3v) is 0.224. The first kappa shape index (κ1) is 15.6. The summed E-state index contributed by atoms with van der Waals surface area (Å²) in [7, 11) is 0. The van der Waals surface area contributed by atoms with Gasteiger partial charge in [-0.05, 0) is 6.42 Å². The fourth-order valence-corrected chi connectivity index (χ4v) is 0. The van der Waals surface area contributed by atoms with E-state index in [4.69, 9.17) is 5.11 Å². The van der Waals surface area contributed by atoms with Crippen LogP contribution in [0.5, 0.6) is 0 Å². The molecule has 0 radical (unpaired) electrons. The van der Waals surface area contributed by atoms with Crippen LogP contribution in [0.4, 0.5) is 0 Å². The van der Waals surface area contributed by atoms with Gasteiger partial charge in [0.25, 0.3) is 0 Å². The van der Waals surface area contributed by atoms with Crippen molar-refractivity contribution < 1.29 is 10.6 Å². The zero-order chi connectivity index (χ0) is 3.41. The van der Waals surface area contributed by atoms with Crippen molar-refractivity contribution in [3.05, 3.63) is 0 Å². The molecule has 0 unspecified atom stereocenters. The molecule has 36 valence electrons. The zero-order valence-corrected chi connectivity index (χ0v) is 3.36. The Hall–Kier alpha value is 1.56. The number of hydrogen-bond donors (Lipinski definition) is 1. The second kappa shape index (κ2) is 16.0. The monoisotopic (exact) mass is 118 g/mol. The van der Waals surface area contributed by atoms with Crippen molar-refractivity contribution in [2.45, 2.75) is 13.3 Å². The van der Waals surface area contributed by atoms with Gasteiger partial charge in [0.1, 0.15) is 0 Å². The summed E-state index contributed by atoms with van der Waals surface area (Å²) in [6.45, 7) is 2.25. The second-order valence-electron chi connectivity index (χ2n) is 0.724. The van der Waals surface area contributed by atoms with E-state index in [1.807, 2.05) is 6.92 Å². The maximum absolute atomic E-state index is 7.88. The second-order valence-corrected chi connectivity index (χ2v) is 0.724. The summed E-state index contributed by atoms with van der Waals surface area (Å²) in [6, 6.07) is 0. The fourth-order valence-electron chi connectivity index (χ4n) is 0. The van der Waals surface area contributed by atoms with Crippen LogP contribution in [-0.4, -0.2) is 68.6 Å². The molecule has 0 fully saturated rings. The molecule has 0 rings (SSSR count). The normalized spacial score (nSPS) is 5.00. The van der Waals surface area contributed by atoms with E-state index in [0.717, 1.165) is 6.42 Å². The Labute approximate surface area is 80.7 Å².